The zero-order valence-corrected chi connectivity index (χ0v) is 12.6. The largest absolute Gasteiger partial charge is 0.478 e. The molecule has 2 atom stereocenters. The molecule has 1 aromatic carbocycles. The summed E-state index contributed by atoms with van der Waals surface area (Å²) < 4.78 is 13.4. The molecule has 1 aromatic rings. The lowest BCUT2D eigenvalue weighted by atomic mass is 9.91. The standard InChI is InChI=1S/C17H22FNO2/c1-12-4-3-9-19(13(12)2)11-15-5-7-16(18)10-14(15)6-8-17(20)21/h5-8,10,12-13H,3-4,9,11H2,1-2H3,(H,20,21). The van der Waals surface area contributed by atoms with Gasteiger partial charge in [0, 0.05) is 18.7 Å². The summed E-state index contributed by atoms with van der Waals surface area (Å²) >= 11 is 0. The number of halogens is 1. The number of carboxylic acids is 1. The van der Waals surface area contributed by atoms with Crippen molar-refractivity contribution in [3.63, 3.8) is 0 Å². The minimum Gasteiger partial charge on any atom is -0.478 e. The van der Waals surface area contributed by atoms with Crippen LogP contribution >= 0.6 is 0 Å². The van der Waals surface area contributed by atoms with Crippen LogP contribution in [0.1, 0.15) is 37.8 Å². The summed E-state index contributed by atoms with van der Waals surface area (Å²) in [5, 5.41) is 8.74. The van der Waals surface area contributed by atoms with Crippen molar-refractivity contribution < 1.29 is 14.3 Å². The fourth-order valence-electron chi connectivity index (χ4n) is 2.89. The molecular weight excluding hydrogens is 269 g/mol. The number of carbonyl (C=O) groups is 1. The molecule has 114 valence electrons. The van der Waals surface area contributed by atoms with Crippen LogP contribution < -0.4 is 0 Å². The maximum Gasteiger partial charge on any atom is 0.328 e. The molecule has 3 nitrogen and oxygen atoms in total. The highest BCUT2D eigenvalue weighted by atomic mass is 19.1. The van der Waals surface area contributed by atoms with Gasteiger partial charge in [0.1, 0.15) is 5.82 Å². The van der Waals surface area contributed by atoms with Crippen LogP contribution in [0.3, 0.4) is 0 Å². The first-order chi connectivity index (χ1) is 9.97. The first-order valence-corrected chi connectivity index (χ1v) is 7.41. The molecule has 1 aliphatic rings. The van der Waals surface area contributed by atoms with Crippen molar-refractivity contribution in [1.82, 2.24) is 4.90 Å². The van der Waals surface area contributed by atoms with E-state index in [0.717, 1.165) is 24.7 Å². The molecule has 2 unspecified atom stereocenters. The Hall–Kier alpha value is -1.68. The van der Waals surface area contributed by atoms with Crippen LogP contribution in [-0.2, 0) is 11.3 Å². The van der Waals surface area contributed by atoms with Gasteiger partial charge in [-0.3, -0.25) is 4.90 Å². The highest BCUT2D eigenvalue weighted by molar-refractivity contribution is 5.85. The first kappa shape index (κ1) is 15.7. The lowest BCUT2D eigenvalue weighted by molar-refractivity contribution is -0.131. The number of carboxylic acid groups (broad SMARTS) is 1. The van der Waals surface area contributed by atoms with Gasteiger partial charge in [-0.15, -0.1) is 0 Å². The summed E-state index contributed by atoms with van der Waals surface area (Å²) in [6.07, 6.45) is 4.94. The van der Waals surface area contributed by atoms with E-state index in [-0.39, 0.29) is 5.82 Å². The van der Waals surface area contributed by atoms with Crippen LogP contribution in [0, 0.1) is 11.7 Å². The van der Waals surface area contributed by atoms with Crippen molar-refractivity contribution >= 4 is 12.0 Å². The molecule has 0 aromatic heterocycles. The van der Waals surface area contributed by atoms with Crippen molar-refractivity contribution in [3.8, 4) is 0 Å². The molecule has 21 heavy (non-hydrogen) atoms. The van der Waals surface area contributed by atoms with Crippen LogP contribution in [-0.4, -0.2) is 28.6 Å². The fraction of sp³-hybridized carbons (Fsp3) is 0.471. The average Bonchev–Trinajstić information content (AvgIpc) is 2.43. The van der Waals surface area contributed by atoms with Gasteiger partial charge in [0.25, 0.3) is 0 Å². The third-order valence-corrected chi connectivity index (χ3v) is 4.39. The van der Waals surface area contributed by atoms with Crippen LogP contribution in [0.4, 0.5) is 4.39 Å². The van der Waals surface area contributed by atoms with Gasteiger partial charge >= 0.3 is 5.97 Å². The second-order valence-corrected chi connectivity index (χ2v) is 5.85. The lowest BCUT2D eigenvalue weighted by Crippen LogP contribution is -2.41. The van der Waals surface area contributed by atoms with Crippen LogP contribution in [0.5, 0.6) is 0 Å². The van der Waals surface area contributed by atoms with Gasteiger partial charge < -0.3 is 5.11 Å². The maximum atomic E-state index is 13.4. The topological polar surface area (TPSA) is 40.5 Å². The van der Waals surface area contributed by atoms with E-state index in [1.807, 2.05) is 0 Å². The third kappa shape index (κ3) is 4.14. The summed E-state index contributed by atoms with van der Waals surface area (Å²) in [6, 6.07) is 5.07. The Balaban J connectivity index is 2.20. The van der Waals surface area contributed by atoms with Gasteiger partial charge in [0.05, 0.1) is 0 Å². The van der Waals surface area contributed by atoms with E-state index in [4.69, 9.17) is 5.11 Å². The lowest BCUT2D eigenvalue weighted by Gasteiger charge is -2.38. The Bertz CT molecular complexity index is 542. The summed E-state index contributed by atoms with van der Waals surface area (Å²) in [5.74, 6) is -0.716. The van der Waals surface area contributed by atoms with E-state index in [1.165, 1.54) is 31.1 Å². The average molecular weight is 291 g/mol. The molecular formula is C17H22FNO2. The van der Waals surface area contributed by atoms with Crippen molar-refractivity contribution in [2.24, 2.45) is 5.92 Å². The Kier molecular flexibility index (Phi) is 5.12. The number of nitrogens with zero attached hydrogens (tertiary/aromatic N) is 1. The summed E-state index contributed by atoms with van der Waals surface area (Å²) in [7, 11) is 0. The van der Waals surface area contributed by atoms with E-state index < -0.39 is 5.97 Å². The number of likely N-dealkylation sites (tertiary alicyclic amines) is 1. The molecule has 2 rings (SSSR count). The monoisotopic (exact) mass is 291 g/mol. The van der Waals surface area contributed by atoms with Gasteiger partial charge in [0.2, 0.25) is 0 Å². The predicted octanol–water partition coefficient (Wildman–Crippen LogP) is 3.54. The van der Waals surface area contributed by atoms with Gasteiger partial charge in [-0.05, 0) is 61.6 Å². The van der Waals surface area contributed by atoms with E-state index in [1.54, 1.807) is 6.07 Å². The number of rotatable bonds is 4. The van der Waals surface area contributed by atoms with Crippen LogP contribution in [0.15, 0.2) is 24.3 Å². The quantitative estimate of drug-likeness (QED) is 0.863. The summed E-state index contributed by atoms with van der Waals surface area (Å²) in [6.45, 7) is 6.24. The number of hydrogen-bond donors (Lipinski definition) is 1. The Morgan fingerprint density at radius 3 is 2.95 bits per heavy atom. The molecule has 4 heteroatoms. The van der Waals surface area contributed by atoms with E-state index in [2.05, 4.69) is 18.7 Å². The molecule has 1 fully saturated rings. The van der Waals surface area contributed by atoms with E-state index >= 15 is 0 Å². The summed E-state index contributed by atoms with van der Waals surface area (Å²) in [4.78, 5) is 13.1. The van der Waals surface area contributed by atoms with Crippen molar-refractivity contribution in [1.29, 1.82) is 0 Å². The van der Waals surface area contributed by atoms with Gasteiger partial charge in [-0.25, -0.2) is 9.18 Å². The normalized spacial score (nSPS) is 23.6. The number of benzene rings is 1. The number of hydrogen-bond acceptors (Lipinski definition) is 2. The Labute approximate surface area is 125 Å². The second-order valence-electron chi connectivity index (χ2n) is 5.85. The number of piperidine rings is 1. The molecule has 0 amide bonds. The molecule has 0 aliphatic carbocycles. The van der Waals surface area contributed by atoms with E-state index in [0.29, 0.717) is 17.5 Å². The minimum absolute atomic E-state index is 0.344. The Morgan fingerprint density at radius 1 is 1.48 bits per heavy atom. The third-order valence-electron chi connectivity index (χ3n) is 4.39. The molecule has 0 bridgehead atoms. The Morgan fingerprint density at radius 2 is 2.24 bits per heavy atom. The van der Waals surface area contributed by atoms with Gasteiger partial charge in [0.15, 0.2) is 0 Å². The van der Waals surface area contributed by atoms with Gasteiger partial charge in [-0.2, -0.15) is 0 Å². The van der Waals surface area contributed by atoms with Crippen molar-refractivity contribution in [2.45, 2.75) is 39.3 Å². The van der Waals surface area contributed by atoms with Crippen LogP contribution in [0.2, 0.25) is 0 Å². The SMILES string of the molecule is CC1CCCN(Cc2ccc(F)cc2C=CC(=O)O)C1C. The number of aliphatic carboxylic acids is 1. The van der Waals surface area contributed by atoms with Crippen molar-refractivity contribution in [3.05, 3.63) is 41.2 Å². The first-order valence-electron chi connectivity index (χ1n) is 7.41. The zero-order chi connectivity index (χ0) is 15.4. The highest BCUT2D eigenvalue weighted by Crippen LogP contribution is 2.25. The summed E-state index contributed by atoms with van der Waals surface area (Å²) in [5.41, 5.74) is 1.61. The molecule has 1 saturated heterocycles. The maximum absolute atomic E-state index is 13.4. The van der Waals surface area contributed by atoms with Gasteiger partial charge in [-0.1, -0.05) is 13.0 Å². The second kappa shape index (κ2) is 6.85. The van der Waals surface area contributed by atoms with Crippen LogP contribution in [0.25, 0.3) is 6.08 Å². The van der Waals surface area contributed by atoms with E-state index in [9.17, 15) is 9.18 Å². The molecule has 0 saturated carbocycles. The highest BCUT2D eigenvalue weighted by Gasteiger charge is 2.24. The zero-order valence-electron chi connectivity index (χ0n) is 12.6. The predicted molar refractivity (Wildman–Crippen MR) is 81.3 cm³/mol. The molecule has 0 radical (unpaired) electrons. The molecule has 1 heterocycles. The smallest absolute Gasteiger partial charge is 0.328 e. The molecule has 0 spiro atoms. The fourth-order valence-corrected chi connectivity index (χ4v) is 2.89. The molecule has 1 aliphatic heterocycles. The van der Waals surface area contributed by atoms with Crippen molar-refractivity contribution in [2.75, 3.05) is 6.54 Å². The molecule has 1 N–H and O–H groups in total. The minimum atomic E-state index is -1.02.